The zero-order valence-electron chi connectivity index (χ0n) is 19.4. The fourth-order valence-electron chi connectivity index (χ4n) is 5.29. The van der Waals surface area contributed by atoms with Gasteiger partial charge < -0.3 is 20.0 Å². The predicted molar refractivity (Wildman–Crippen MR) is 124 cm³/mol. The van der Waals surface area contributed by atoms with Crippen LogP contribution in [0.2, 0.25) is 0 Å². The Morgan fingerprint density at radius 3 is 2.81 bits per heavy atom. The molecular weight excluding hydrogens is 390 g/mol. The molecule has 0 heterocycles. The van der Waals surface area contributed by atoms with E-state index >= 15 is 0 Å². The molecule has 2 N–H and O–H groups in total. The minimum atomic E-state index is -0.284. The van der Waals surface area contributed by atoms with Gasteiger partial charge in [0.1, 0.15) is 6.29 Å². The number of ether oxygens (including phenoxy) is 1. The normalized spacial score (nSPS) is 26.8. The van der Waals surface area contributed by atoms with Crippen molar-refractivity contribution in [2.45, 2.75) is 84.2 Å². The first-order valence-corrected chi connectivity index (χ1v) is 12.0. The predicted octanol–water partition coefficient (Wildman–Crippen LogP) is 4.86. The number of nitrogens with one attached hydrogen (secondary N) is 1. The summed E-state index contributed by atoms with van der Waals surface area (Å²) in [5.74, 6) is 2.48. The van der Waals surface area contributed by atoms with E-state index in [1.165, 1.54) is 36.8 Å². The van der Waals surface area contributed by atoms with Crippen molar-refractivity contribution >= 4 is 12.2 Å². The minimum Gasteiger partial charge on any atom is -0.488 e. The highest BCUT2D eigenvalue weighted by Crippen LogP contribution is 2.51. The molecule has 0 bridgehead atoms. The molecule has 0 aliphatic heterocycles. The molecule has 1 amide bonds. The molecule has 4 unspecified atom stereocenters. The summed E-state index contributed by atoms with van der Waals surface area (Å²) in [5.41, 5.74) is 2.46. The number of aldehydes is 1. The Morgan fingerprint density at radius 1 is 1.29 bits per heavy atom. The fourth-order valence-corrected chi connectivity index (χ4v) is 5.29. The number of carbonyl (C=O) groups is 2. The Labute approximate surface area is 188 Å². The third kappa shape index (κ3) is 7.95. The van der Waals surface area contributed by atoms with E-state index < -0.39 is 0 Å². The molecule has 31 heavy (non-hydrogen) atoms. The summed E-state index contributed by atoms with van der Waals surface area (Å²) in [7, 11) is 0. The molecule has 0 radical (unpaired) electrons. The Kier molecular flexibility index (Phi) is 11.1. The standard InChI is InChI=1S/C26H41NO4/c1-4-6-7-9-23(29)13-12-20-10-11-22-16-24(21(8-5-2)17-25(20)22)19(3)31-18-26(30)27-14-15-28/h5,8,15,20,22-23,25,29H,2,4,6-7,9-14,16-18H2,1,3H3,(H,27,30)/b21-8-,24-19+. The second-order valence-corrected chi connectivity index (χ2v) is 9.12. The quantitative estimate of drug-likeness (QED) is 0.248. The van der Waals surface area contributed by atoms with Gasteiger partial charge in [-0.2, -0.15) is 0 Å². The van der Waals surface area contributed by atoms with Gasteiger partial charge in [0, 0.05) is 0 Å². The number of aliphatic hydroxyl groups excluding tert-OH is 1. The highest BCUT2D eigenvalue weighted by atomic mass is 16.5. The first-order chi connectivity index (χ1) is 15.0. The second kappa shape index (κ2) is 13.5. The largest absolute Gasteiger partial charge is 0.488 e. The van der Waals surface area contributed by atoms with Crippen LogP contribution in [0.15, 0.2) is 35.6 Å². The third-order valence-electron chi connectivity index (χ3n) is 6.99. The lowest BCUT2D eigenvalue weighted by atomic mass is 9.72. The van der Waals surface area contributed by atoms with Crippen LogP contribution >= 0.6 is 0 Å². The molecule has 0 aromatic carbocycles. The summed E-state index contributed by atoms with van der Waals surface area (Å²) in [6.07, 6.45) is 15.4. The van der Waals surface area contributed by atoms with Crippen molar-refractivity contribution in [3.05, 3.63) is 35.6 Å². The van der Waals surface area contributed by atoms with Crippen molar-refractivity contribution in [1.29, 1.82) is 0 Å². The van der Waals surface area contributed by atoms with Crippen LogP contribution in [-0.2, 0) is 14.3 Å². The zero-order chi connectivity index (χ0) is 22.6. The molecule has 2 rings (SSSR count). The van der Waals surface area contributed by atoms with E-state index in [0.29, 0.717) is 24.0 Å². The summed E-state index contributed by atoms with van der Waals surface area (Å²) in [6.45, 7) is 7.95. The van der Waals surface area contributed by atoms with Gasteiger partial charge in [-0.15, -0.1) is 0 Å². The van der Waals surface area contributed by atoms with Crippen LogP contribution < -0.4 is 5.32 Å². The molecule has 4 atom stereocenters. The molecule has 0 aromatic rings. The topological polar surface area (TPSA) is 75.6 Å². The van der Waals surface area contributed by atoms with Crippen molar-refractivity contribution < 1.29 is 19.4 Å². The van der Waals surface area contributed by atoms with E-state index in [-0.39, 0.29) is 25.2 Å². The van der Waals surface area contributed by atoms with Gasteiger partial charge in [-0.1, -0.05) is 44.9 Å². The number of rotatable bonds is 13. The maximum Gasteiger partial charge on any atom is 0.258 e. The Bertz CT molecular complexity index is 666. The number of carbonyl (C=O) groups excluding carboxylic acids is 2. The number of hydrogen-bond acceptors (Lipinski definition) is 4. The van der Waals surface area contributed by atoms with E-state index in [1.807, 2.05) is 13.0 Å². The van der Waals surface area contributed by atoms with Crippen molar-refractivity contribution in [2.24, 2.45) is 17.8 Å². The molecule has 2 aliphatic carbocycles. The Balaban J connectivity index is 1.95. The smallest absolute Gasteiger partial charge is 0.258 e. The fraction of sp³-hybridized carbons (Fsp3) is 0.692. The molecular formula is C26H41NO4. The zero-order valence-corrected chi connectivity index (χ0v) is 19.4. The summed E-state index contributed by atoms with van der Waals surface area (Å²) in [6, 6.07) is 0. The Hall–Kier alpha value is -1.88. The lowest BCUT2D eigenvalue weighted by Gasteiger charge is -2.34. The van der Waals surface area contributed by atoms with Crippen molar-refractivity contribution in [3.63, 3.8) is 0 Å². The van der Waals surface area contributed by atoms with Crippen molar-refractivity contribution in [3.8, 4) is 0 Å². The molecule has 5 nitrogen and oxygen atoms in total. The van der Waals surface area contributed by atoms with Gasteiger partial charge in [0.2, 0.25) is 0 Å². The number of fused-ring (bicyclic) bond motifs is 1. The number of unbranched alkanes of at least 4 members (excludes halogenated alkanes) is 2. The van der Waals surface area contributed by atoms with Crippen molar-refractivity contribution in [1.82, 2.24) is 5.32 Å². The van der Waals surface area contributed by atoms with Gasteiger partial charge in [-0.25, -0.2) is 0 Å². The van der Waals surface area contributed by atoms with Crippen LogP contribution in [0, 0.1) is 17.8 Å². The molecule has 5 heteroatoms. The average Bonchev–Trinajstić information content (AvgIpc) is 3.16. The average molecular weight is 432 g/mol. The molecule has 2 fully saturated rings. The summed E-state index contributed by atoms with van der Waals surface area (Å²) >= 11 is 0. The number of allylic oxidation sites excluding steroid dienone is 5. The number of amides is 1. The van der Waals surface area contributed by atoms with Crippen LogP contribution in [0.25, 0.3) is 0 Å². The van der Waals surface area contributed by atoms with Gasteiger partial charge in [0.05, 0.1) is 18.4 Å². The SMILES string of the molecule is C=C/C=C1/CC2C(CCC(O)CCCCC)CCC2C/C1=C(/C)OCC(=O)NCC=O. The molecule has 0 aromatic heterocycles. The van der Waals surface area contributed by atoms with Crippen LogP contribution in [0.4, 0.5) is 0 Å². The first kappa shape index (κ1) is 25.4. The highest BCUT2D eigenvalue weighted by Gasteiger charge is 2.40. The van der Waals surface area contributed by atoms with Gasteiger partial charge in [-0.3, -0.25) is 4.79 Å². The summed E-state index contributed by atoms with van der Waals surface area (Å²) < 4.78 is 5.76. The molecule has 0 spiro atoms. The van der Waals surface area contributed by atoms with E-state index in [4.69, 9.17) is 4.74 Å². The van der Waals surface area contributed by atoms with E-state index in [9.17, 15) is 14.7 Å². The van der Waals surface area contributed by atoms with Gasteiger partial charge in [-0.05, 0) is 80.8 Å². The maximum absolute atomic E-state index is 11.8. The highest BCUT2D eigenvalue weighted by molar-refractivity contribution is 5.79. The summed E-state index contributed by atoms with van der Waals surface area (Å²) in [5, 5.41) is 12.8. The summed E-state index contributed by atoms with van der Waals surface area (Å²) in [4.78, 5) is 22.2. The molecule has 174 valence electrons. The van der Waals surface area contributed by atoms with Crippen LogP contribution in [-0.4, -0.2) is 36.6 Å². The van der Waals surface area contributed by atoms with Crippen LogP contribution in [0.5, 0.6) is 0 Å². The lowest BCUT2D eigenvalue weighted by molar-refractivity contribution is -0.125. The molecule has 0 saturated heterocycles. The number of hydrogen-bond donors (Lipinski definition) is 2. The Morgan fingerprint density at radius 2 is 2.10 bits per heavy atom. The molecule has 2 saturated carbocycles. The van der Waals surface area contributed by atoms with Crippen LogP contribution in [0.1, 0.15) is 78.1 Å². The number of aliphatic hydroxyl groups is 1. The minimum absolute atomic E-state index is 0.0118. The van der Waals surface area contributed by atoms with E-state index in [1.54, 1.807) is 0 Å². The molecule has 2 aliphatic rings. The van der Waals surface area contributed by atoms with Crippen molar-refractivity contribution in [2.75, 3.05) is 13.2 Å². The van der Waals surface area contributed by atoms with Gasteiger partial charge in [0.25, 0.3) is 5.91 Å². The van der Waals surface area contributed by atoms with Crippen LogP contribution in [0.3, 0.4) is 0 Å². The van der Waals surface area contributed by atoms with Gasteiger partial charge >= 0.3 is 0 Å². The maximum atomic E-state index is 11.8. The third-order valence-corrected chi connectivity index (χ3v) is 6.99. The van der Waals surface area contributed by atoms with Gasteiger partial charge in [0.15, 0.2) is 6.61 Å². The van der Waals surface area contributed by atoms with E-state index in [0.717, 1.165) is 44.3 Å². The van der Waals surface area contributed by atoms with E-state index in [2.05, 4.69) is 24.9 Å². The monoisotopic (exact) mass is 431 g/mol. The lowest BCUT2D eigenvalue weighted by Crippen LogP contribution is -2.29. The first-order valence-electron chi connectivity index (χ1n) is 12.0. The second-order valence-electron chi connectivity index (χ2n) is 9.12.